The first kappa shape index (κ1) is 17.0. The molecule has 116 valence electrons. The SMILES string of the molecule is Cc1cc(NC(=O)NC(C)CCC(C)C)ccc1C(N)=O. The molecule has 0 heterocycles. The third kappa shape index (κ3) is 5.85. The quantitative estimate of drug-likeness (QED) is 0.752. The molecule has 3 amide bonds. The summed E-state index contributed by atoms with van der Waals surface area (Å²) in [7, 11) is 0. The van der Waals surface area contributed by atoms with Crippen LogP contribution in [0.25, 0.3) is 0 Å². The number of hydrogen-bond donors (Lipinski definition) is 3. The van der Waals surface area contributed by atoms with Crippen LogP contribution in [0.4, 0.5) is 10.5 Å². The average molecular weight is 291 g/mol. The summed E-state index contributed by atoms with van der Waals surface area (Å²) in [4.78, 5) is 23.0. The van der Waals surface area contributed by atoms with Gasteiger partial charge in [0.25, 0.3) is 0 Å². The van der Waals surface area contributed by atoms with Gasteiger partial charge in [-0.1, -0.05) is 13.8 Å². The Kier molecular flexibility index (Phi) is 6.21. The number of benzene rings is 1. The molecule has 0 aliphatic heterocycles. The van der Waals surface area contributed by atoms with Gasteiger partial charge in [0.2, 0.25) is 5.91 Å². The predicted molar refractivity (Wildman–Crippen MR) is 85.4 cm³/mol. The molecule has 5 nitrogen and oxygen atoms in total. The van der Waals surface area contributed by atoms with E-state index >= 15 is 0 Å². The molecule has 0 fully saturated rings. The van der Waals surface area contributed by atoms with Crippen LogP contribution in [0.2, 0.25) is 0 Å². The molecule has 0 saturated carbocycles. The Balaban J connectivity index is 2.55. The Labute approximate surface area is 126 Å². The van der Waals surface area contributed by atoms with Gasteiger partial charge >= 0.3 is 6.03 Å². The number of anilines is 1. The van der Waals surface area contributed by atoms with Crippen molar-refractivity contribution < 1.29 is 9.59 Å². The first-order chi connectivity index (χ1) is 9.79. The summed E-state index contributed by atoms with van der Waals surface area (Å²) in [6.07, 6.45) is 2.03. The Morgan fingerprint density at radius 1 is 1.19 bits per heavy atom. The molecule has 0 aliphatic rings. The van der Waals surface area contributed by atoms with Gasteiger partial charge < -0.3 is 16.4 Å². The molecule has 0 bridgehead atoms. The molecule has 0 saturated heterocycles. The van der Waals surface area contributed by atoms with Crippen molar-refractivity contribution in [1.29, 1.82) is 0 Å². The number of carbonyl (C=O) groups excluding carboxylic acids is 2. The van der Waals surface area contributed by atoms with Crippen LogP contribution in [-0.4, -0.2) is 18.0 Å². The smallest absolute Gasteiger partial charge is 0.319 e. The maximum atomic E-state index is 11.9. The molecule has 1 aromatic rings. The highest BCUT2D eigenvalue weighted by molar-refractivity contribution is 5.96. The summed E-state index contributed by atoms with van der Waals surface area (Å²) < 4.78 is 0. The number of nitrogens with two attached hydrogens (primary N) is 1. The highest BCUT2D eigenvalue weighted by Crippen LogP contribution is 2.15. The van der Waals surface area contributed by atoms with Crippen LogP contribution >= 0.6 is 0 Å². The van der Waals surface area contributed by atoms with Crippen molar-refractivity contribution in [2.45, 2.75) is 46.6 Å². The molecule has 1 atom stereocenters. The number of primary amides is 1. The number of urea groups is 1. The van der Waals surface area contributed by atoms with Gasteiger partial charge in [-0.25, -0.2) is 4.79 Å². The lowest BCUT2D eigenvalue weighted by Crippen LogP contribution is -2.36. The lowest BCUT2D eigenvalue weighted by Gasteiger charge is -2.16. The summed E-state index contributed by atoms with van der Waals surface area (Å²) in [6.45, 7) is 8.10. The minimum absolute atomic E-state index is 0.124. The van der Waals surface area contributed by atoms with Gasteiger partial charge in [-0.15, -0.1) is 0 Å². The highest BCUT2D eigenvalue weighted by atomic mass is 16.2. The van der Waals surface area contributed by atoms with E-state index in [1.807, 2.05) is 6.92 Å². The molecule has 1 rings (SSSR count). The largest absolute Gasteiger partial charge is 0.366 e. The van der Waals surface area contributed by atoms with Crippen LogP contribution in [-0.2, 0) is 0 Å². The molecule has 1 aromatic carbocycles. The van der Waals surface area contributed by atoms with Crippen LogP contribution < -0.4 is 16.4 Å². The van der Waals surface area contributed by atoms with Gasteiger partial charge in [-0.05, 0) is 56.4 Å². The normalized spacial score (nSPS) is 12.0. The van der Waals surface area contributed by atoms with E-state index in [2.05, 4.69) is 24.5 Å². The molecular weight excluding hydrogens is 266 g/mol. The second-order valence-electron chi connectivity index (χ2n) is 5.86. The topological polar surface area (TPSA) is 84.2 Å². The van der Waals surface area contributed by atoms with Crippen molar-refractivity contribution in [2.75, 3.05) is 5.32 Å². The maximum absolute atomic E-state index is 11.9. The van der Waals surface area contributed by atoms with E-state index in [9.17, 15) is 9.59 Å². The van der Waals surface area contributed by atoms with Crippen molar-refractivity contribution in [2.24, 2.45) is 11.7 Å². The number of amides is 3. The van der Waals surface area contributed by atoms with E-state index in [1.54, 1.807) is 25.1 Å². The van der Waals surface area contributed by atoms with Crippen LogP contribution in [0, 0.1) is 12.8 Å². The van der Waals surface area contributed by atoms with Gasteiger partial charge in [0, 0.05) is 17.3 Å². The summed E-state index contributed by atoms with van der Waals surface area (Å²) in [5.41, 5.74) is 7.10. The zero-order valence-electron chi connectivity index (χ0n) is 13.2. The van der Waals surface area contributed by atoms with E-state index < -0.39 is 5.91 Å². The maximum Gasteiger partial charge on any atom is 0.319 e. The van der Waals surface area contributed by atoms with Gasteiger partial charge in [-0.2, -0.15) is 0 Å². The van der Waals surface area contributed by atoms with Crippen LogP contribution in [0.5, 0.6) is 0 Å². The summed E-state index contributed by atoms with van der Waals surface area (Å²) in [5.74, 6) is 0.159. The number of rotatable bonds is 6. The first-order valence-electron chi connectivity index (χ1n) is 7.27. The number of hydrogen-bond acceptors (Lipinski definition) is 2. The third-order valence-corrected chi connectivity index (χ3v) is 3.30. The molecule has 0 aromatic heterocycles. The Bertz CT molecular complexity index is 512. The fraction of sp³-hybridized carbons (Fsp3) is 0.500. The zero-order valence-corrected chi connectivity index (χ0v) is 13.2. The molecule has 0 radical (unpaired) electrons. The van der Waals surface area contributed by atoms with Gasteiger partial charge in [0.1, 0.15) is 0 Å². The molecule has 0 aliphatic carbocycles. The van der Waals surface area contributed by atoms with Crippen molar-refractivity contribution in [1.82, 2.24) is 5.32 Å². The van der Waals surface area contributed by atoms with Crippen molar-refractivity contribution in [3.05, 3.63) is 29.3 Å². The fourth-order valence-electron chi connectivity index (χ4n) is 2.06. The minimum Gasteiger partial charge on any atom is -0.366 e. The first-order valence-corrected chi connectivity index (χ1v) is 7.27. The van der Waals surface area contributed by atoms with Crippen molar-refractivity contribution in [3.8, 4) is 0 Å². The van der Waals surface area contributed by atoms with E-state index in [0.29, 0.717) is 17.2 Å². The Morgan fingerprint density at radius 3 is 2.38 bits per heavy atom. The molecule has 5 heteroatoms. The predicted octanol–water partition coefficient (Wildman–Crippen LogP) is 3.04. The standard InChI is InChI=1S/C16H25N3O2/c1-10(2)5-6-12(4)18-16(21)19-13-7-8-14(15(17)20)11(3)9-13/h7-10,12H,5-6H2,1-4H3,(H2,17,20)(H2,18,19,21). The van der Waals surface area contributed by atoms with Gasteiger partial charge in [0.05, 0.1) is 0 Å². The van der Waals surface area contributed by atoms with Gasteiger partial charge in [-0.3, -0.25) is 4.79 Å². The van der Waals surface area contributed by atoms with E-state index in [1.165, 1.54) is 0 Å². The van der Waals surface area contributed by atoms with E-state index in [-0.39, 0.29) is 12.1 Å². The second kappa shape index (κ2) is 7.67. The average Bonchev–Trinajstić information content (AvgIpc) is 2.35. The number of carbonyl (C=O) groups is 2. The van der Waals surface area contributed by atoms with Crippen molar-refractivity contribution >= 4 is 17.6 Å². The number of nitrogens with one attached hydrogen (secondary N) is 2. The van der Waals surface area contributed by atoms with Crippen LogP contribution in [0.3, 0.4) is 0 Å². The van der Waals surface area contributed by atoms with Crippen molar-refractivity contribution in [3.63, 3.8) is 0 Å². The molecule has 0 spiro atoms. The van der Waals surface area contributed by atoms with Crippen LogP contribution in [0.15, 0.2) is 18.2 Å². The second-order valence-corrected chi connectivity index (χ2v) is 5.86. The highest BCUT2D eigenvalue weighted by Gasteiger charge is 2.10. The van der Waals surface area contributed by atoms with E-state index in [0.717, 1.165) is 18.4 Å². The summed E-state index contributed by atoms with van der Waals surface area (Å²) in [5, 5.41) is 5.66. The molecular formula is C16H25N3O2. The number of aryl methyl sites for hydroxylation is 1. The monoisotopic (exact) mass is 291 g/mol. The zero-order chi connectivity index (χ0) is 16.0. The Hall–Kier alpha value is -2.04. The lowest BCUT2D eigenvalue weighted by molar-refractivity contribution is 0.0999. The summed E-state index contributed by atoms with van der Waals surface area (Å²) >= 11 is 0. The van der Waals surface area contributed by atoms with E-state index in [4.69, 9.17) is 5.73 Å². The molecule has 1 unspecified atom stereocenters. The molecule has 4 N–H and O–H groups in total. The fourth-order valence-corrected chi connectivity index (χ4v) is 2.06. The minimum atomic E-state index is -0.467. The summed E-state index contributed by atoms with van der Waals surface area (Å²) in [6, 6.07) is 4.91. The van der Waals surface area contributed by atoms with Crippen LogP contribution in [0.1, 0.15) is 49.5 Å². The lowest BCUT2D eigenvalue weighted by atomic mass is 10.0. The third-order valence-electron chi connectivity index (χ3n) is 3.30. The van der Waals surface area contributed by atoms with Gasteiger partial charge in [0.15, 0.2) is 0 Å². The molecule has 21 heavy (non-hydrogen) atoms. The Morgan fingerprint density at radius 2 is 1.86 bits per heavy atom.